The van der Waals surface area contributed by atoms with Crippen molar-refractivity contribution in [3.8, 4) is 0 Å². The van der Waals surface area contributed by atoms with Crippen LogP contribution in [0.4, 0.5) is 11.4 Å². The number of hydrogen-bond donors (Lipinski definition) is 3. The molecule has 0 fully saturated rings. The standard InChI is InChI=1S/C15H23N3O3/c1-4-15(16,5-2)14(20)18-12-8-6-11(7-9-12)17-13(19)10-21-3/h6-9H,4-5,10,16H2,1-3H3,(H,17,19)(H,18,20). The zero-order valence-electron chi connectivity index (χ0n) is 12.7. The van der Waals surface area contributed by atoms with Gasteiger partial charge in [-0.1, -0.05) is 13.8 Å². The molecule has 1 aromatic carbocycles. The number of carbonyl (C=O) groups excluding carboxylic acids is 2. The molecule has 0 aromatic heterocycles. The summed E-state index contributed by atoms with van der Waals surface area (Å²) in [7, 11) is 1.46. The summed E-state index contributed by atoms with van der Waals surface area (Å²) in [5.74, 6) is -0.434. The van der Waals surface area contributed by atoms with Gasteiger partial charge in [-0.2, -0.15) is 0 Å². The number of hydrogen-bond acceptors (Lipinski definition) is 4. The molecule has 1 aromatic rings. The number of rotatable bonds is 7. The molecule has 6 nitrogen and oxygen atoms in total. The van der Waals surface area contributed by atoms with Gasteiger partial charge in [0, 0.05) is 18.5 Å². The Bertz CT molecular complexity index is 481. The Balaban J connectivity index is 2.66. The van der Waals surface area contributed by atoms with Crippen molar-refractivity contribution in [3.63, 3.8) is 0 Å². The summed E-state index contributed by atoms with van der Waals surface area (Å²) in [5, 5.41) is 5.46. The van der Waals surface area contributed by atoms with Crippen molar-refractivity contribution in [2.24, 2.45) is 5.73 Å². The Morgan fingerprint density at radius 1 is 1.10 bits per heavy atom. The third-order valence-corrected chi connectivity index (χ3v) is 3.42. The minimum atomic E-state index is -0.856. The van der Waals surface area contributed by atoms with Crippen LogP contribution in [0.5, 0.6) is 0 Å². The second-order valence-electron chi connectivity index (χ2n) is 4.88. The largest absolute Gasteiger partial charge is 0.375 e. The lowest BCUT2D eigenvalue weighted by atomic mass is 9.93. The zero-order valence-corrected chi connectivity index (χ0v) is 12.7. The van der Waals surface area contributed by atoms with E-state index in [2.05, 4.69) is 10.6 Å². The second kappa shape index (κ2) is 7.75. The SMILES string of the molecule is CCC(N)(CC)C(=O)Nc1ccc(NC(=O)COC)cc1. The Hall–Kier alpha value is -1.92. The summed E-state index contributed by atoms with van der Waals surface area (Å²) in [6, 6.07) is 6.84. The molecule has 21 heavy (non-hydrogen) atoms. The highest BCUT2D eigenvalue weighted by atomic mass is 16.5. The molecule has 0 saturated heterocycles. The monoisotopic (exact) mass is 293 g/mol. The number of carbonyl (C=O) groups is 2. The topological polar surface area (TPSA) is 93.5 Å². The minimum Gasteiger partial charge on any atom is -0.375 e. The molecule has 4 N–H and O–H groups in total. The van der Waals surface area contributed by atoms with Gasteiger partial charge >= 0.3 is 0 Å². The lowest BCUT2D eigenvalue weighted by Gasteiger charge is -2.25. The van der Waals surface area contributed by atoms with Crippen molar-refractivity contribution >= 4 is 23.2 Å². The highest BCUT2D eigenvalue weighted by Crippen LogP contribution is 2.17. The van der Waals surface area contributed by atoms with Crippen molar-refractivity contribution in [1.82, 2.24) is 0 Å². The third kappa shape index (κ3) is 4.84. The Morgan fingerprint density at radius 3 is 2.00 bits per heavy atom. The van der Waals surface area contributed by atoms with Crippen LogP contribution in [0.3, 0.4) is 0 Å². The van der Waals surface area contributed by atoms with E-state index >= 15 is 0 Å². The number of nitrogens with one attached hydrogen (secondary N) is 2. The summed E-state index contributed by atoms with van der Waals surface area (Å²) in [5.41, 5.74) is 6.46. The van der Waals surface area contributed by atoms with Gasteiger partial charge in [0.1, 0.15) is 6.61 Å². The molecule has 2 amide bonds. The van der Waals surface area contributed by atoms with Crippen LogP contribution in [0.25, 0.3) is 0 Å². The van der Waals surface area contributed by atoms with E-state index in [-0.39, 0.29) is 18.4 Å². The van der Waals surface area contributed by atoms with Crippen LogP contribution in [-0.2, 0) is 14.3 Å². The van der Waals surface area contributed by atoms with Crippen molar-refractivity contribution < 1.29 is 14.3 Å². The molecule has 116 valence electrons. The molecule has 0 heterocycles. The van der Waals surface area contributed by atoms with Gasteiger partial charge in [0.15, 0.2) is 0 Å². The van der Waals surface area contributed by atoms with E-state index in [1.807, 2.05) is 13.8 Å². The van der Waals surface area contributed by atoms with Gasteiger partial charge in [0.25, 0.3) is 0 Å². The first-order valence-corrected chi connectivity index (χ1v) is 6.94. The smallest absolute Gasteiger partial charge is 0.250 e. The number of methoxy groups -OCH3 is 1. The summed E-state index contributed by atoms with van der Waals surface area (Å²) in [6.45, 7) is 3.77. The summed E-state index contributed by atoms with van der Waals surface area (Å²) >= 11 is 0. The van der Waals surface area contributed by atoms with E-state index in [9.17, 15) is 9.59 Å². The van der Waals surface area contributed by atoms with Gasteiger partial charge in [0.05, 0.1) is 5.54 Å². The average Bonchev–Trinajstić information content (AvgIpc) is 2.48. The average molecular weight is 293 g/mol. The maximum absolute atomic E-state index is 12.1. The van der Waals surface area contributed by atoms with Crippen molar-refractivity contribution in [2.75, 3.05) is 24.4 Å². The van der Waals surface area contributed by atoms with Gasteiger partial charge in [-0.05, 0) is 37.1 Å². The predicted octanol–water partition coefficient (Wildman–Crippen LogP) is 1.73. The van der Waals surface area contributed by atoms with Gasteiger partial charge in [-0.3, -0.25) is 9.59 Å². The lowest BCUT2D eigenvalue weighted by molar-refractivity contribution is -0.121. The van der Waals surface area contributed by atoms with Crippen molar-refractivity contribution in [3.05, 3.63) is 24.3 Å². The second-order valence-corrected chi connectivity index (χ2v) is 4.88. The molecule has 0 radical (unpaired) electrons. The third-order valence-electron chi connectivity index (χ3n) is 3.42. The van der Waals surface area contributed by atoms with Crippen LogP contribution in [-0.4, -0.2) is 31.1 Å². The molecule has 0 unspecified atom stereocenters. The summed E-state index contributed by atoms with van der Waals surface area (Å²) < 4.78 is 4.73. The van der Waals surface area contributed by atoms with Crippen molar-refractivity contribution in [2.45, 2.75) is 32.2 Å². The Kier molecular flexibility index (Phi) is 6.33. The fourth-order valence-corrected chi connectivity index (χ4v) is 1.79. The quantitative estimate of drug-likeness (QED) is 0.713. The number of nitrogens with two attached hydrogens (primary N) is 1. The predicted molar refractivity (Wildman–Crippen MR) is 83.1 cm³/mol. The molecule has 0 saturated carbocycles. The van der Waals surface area contributed by atoms with E-state index < -0.39 is 5.54 Å². The van der Waals surface area contributed by atoms with Gasteiger partial charge in [-0.25, -0.2) is 0 Å². The fraction of sp³-hybridized carbons (Fsp3) is 0.467. The molecular weight excluding hydrogens is 270 g/mol. The lowest BCUT2D eigenvalue weighted by Crippen LogP contribution is -2.50. The van der Waals surface area contributed by atoms with E-state index in [1.54, 1.807) is 24.3 Å². The van der Waals surface area contributed by atoms with Crippen molar-refractivity contribution in [1.29, 1.82) is 0 Å². The van der Waals surface area contributed by atoms with Crippen LogP contribution in [0.1, 0.15) is 26.7 Å². The molecular formula is C15H23N3O3. The molecule has 0 spiro atoms. The molecule has 0 aliphatic heterocycles. The number of benzene rings is 1. The number of anilines is 2. The van der Waals surface area contributed by atoms with E-state index in [1.165, 1.54) is 7.11 Å². The van der Waals surface area contributed by atoms with E-state index in [0.29, 0.717) is 24.2 Å². The van der Waals surface area contributed by atoms with Gasteiger partial charge in [-0.15, -0.1) is 0 Å². The van der Waals surface area contributed by atoms with Crippen LogP contribution in [0.15, 0.2) is 24.3 Å². The first-order chi connectivity index (χ1) is 9.95. The summed E-state index contributed by atoms with van der Waals surface area (Å²) in [6.07, 6.45) is 1.14. The van der Waals surface area contributed by atoms with Crippen LogP contribution >= 0.6 is 0 Å². The van der Waals surface area contributed by atoms with Crippen LogP contribution in [0, 0.1) is 0 Å². The normalized spacial score (nSPS) is 11.0. The fourth-order valence-electron chi connectivity index (χ4n) is 1.79. The molecule has 0 aliphatic carbocycles. The maximum Gasteiger partial charge on any atom is 0.250 e. The molecule has 0 bridgehead atoms. The molecule has 0 aliphatic rings. The van der Waals surface area contributed by atoms with E-state index in [0.717, 1.165) is 0 Å². The highest BCUT2D eigenvalue weighted by molar-refractivity contribution is 5.98. The van der Waals surface area contributed by atoms with Gasteiger partial charge in [0.2, 0.25) is 11.8 Å². The maximum atomic E-state index is 12.1. The highest BCUT2D eigenvalue weighted by Gasteiger charge is 2.29. The van der Waals surface area contributed by atoms with E-state index in [4.69, 9.17) is 10.5 Å². The van der Waals surface area contributed by atoms with Crippen LogP contribution < -0.4 is 16.4 Å². The van der Waals surface area contributed by atoms with Crippen LogP contribution in [0.2, 0.25) is 0 Å². The first-order valence-electron chi connectivity index (χ1n) is 6.94. The minimum absolute atomic E-state index is 0.00117. The Morgan fingerprint density at radius 2 is 1.57 bits per heavy atom. The number of amides is 2. The number of ether oxygens (including phenoxy) is 1. The summed E-state index contributed by atoms with van der Waals surface area (Å²) in [4.78, 5) is 23.5. The van der Waals surface area contributed by atoms with Gasteiger partial charge < -0.3 is 21.1 Å². The first kappa shape index (κ1) is 17.1. The molecule has 6 heteroatoms. The molecule has 0 atom stereocenters. The zero-order chi connectivity index (χ0) is 15.9. The Labute approximate surface area is 125 Å². The molecule has 1 rings (SSSR count).